The van der Waals surface area contributed by atoms with Crippen molar-refractivity contribution in [2.45, 2.75) is 32.6 Å². The fourth-order valence-electron chi connectivity index (χ4n) is 1.64. The summed E-state index contributed by atoms with van der Waals surface area (Å²) >= 11 is 0. The SMILES string of the molecule is CCCCCCOc1ccc(C=CC(=O)O)cc1O. The molecule has 104 valence electrons. The highest BCUT2D eigenvalue weighted by atomic mass is 16.5. The molecule has 0 saturated carbocycles. The molecule has 0 fully saturated rings. The number of aliphatic carboxylic acids is 1. The van der Waals surface area contributed by atoms with Crippen LogP contribution in [-0.4, -0.2) is 22.8 Å². The van der Waals surface area contributed by atoms with Crippen LogP contribution in [0.3, 0.4) is 0 Å². The average Bonchev–Trinajstić information content (AvgIpc) is 2.38. The Morgan fingerprint density at radius 3 is 2.74 bits per heavy atom. The highest BCUT2D eigenvalue weighted by Gasteiger charge is 2.02. The first-order valence-electron chi connectivity index (χ1n) is 6.50. The van der Waals surface area contributed by atoms with Gasteiger partial charge in [0.05, 0.1) is 6.61 Å². The van der Waals surface area contributed by atoms with Gasteiger partial charge in [-0.15, -0.1) is 0 Å². The second-order valence-electron chi connectivity index (χ2n) is 4.31. The number of hydrogen-bond acceptors (Lipinski definition) is 3. The van der Waals surface area contributed by atoms with Crippen LogP contribution in [0.4, 0.5) is 0 Å². The summed E-state index contributed by atoms with van der Waals surface area (Å²) in [5.41, 5.74) is 0.623. The van der Waals surface area contributed by atoms with Crippen molar-refractivity contribution in [3.8, 4) is 11.5 Å². The van der Waals surface area contributed by atoms with E-state index in [1.807, 2.05) is 0 Å². The lowest BCUT2D eigenvalue weighted by Crippen LogP contribution is -1.97. The van der Waals surface area contributed by atoms with Crippen molar-refractivity contribution >= 4 is 12.0 Å². The molecular formula is C15H20O4. The summed E-state index contributed by atoms with van der Waals surface area (Å²) < 4.78 is 5.47. The molecule has 0 aliphatic rings. The Balaban J connectivity index is 2.50. The number of benzene rings is 1. The first kappa shape index (κ1) is 15.1. The van der Waals surface area contributed by atoms with Gasteiger partial charge in [-0.05, 0) is 30.2 Å². The van der Waals surface area contributed by atoms with Gasteiger partial charge in [0, 0.05) is 6.08 Å². The molecular weight excluding hydrogens is 244 g/mol. The average molecular weight is 264 g/mol. The van der Waals surface area contributed by atoms with Crippen molar-refractivity contribution < 1.29 is 19.7 Å². The minimum Gasteiger partial charge on any atom is -0.504 e. The molecule has 0 heterocycles. The van der Waals surface area contributed by atoms with E-state index < -0.39 is 5.97 Å². The minimum absolute atomic E-state index is 0.0306. The highest BCUT2D eigenvalue weighted by Crippen LogP contribution is 2.27. The van der Waals surface area contributed by atoms with E-state index >= 15 is 0 Å². The number of carbonyl (C=O) groups is 1. The highest BCUT2D eigenvalue weighted by molar-refractivity contribution is 5.85. The third-order valence-corrected chi connectivity index (χ3v) is 2.66. The maximum Gasteiger partial charge on any atom is 0.328 e. The molecule has 1 aromatic carbocycles. The van der Waals surface area contributed by atoms with E-state index in [0.29, 0.717) is 17.9 Å². The van der Waals surface area contributed by atoms with Gasteiger partial charge < -0.3 is 14.9 Å². The second-order valence-corrected chi connectivity index (χ2v) is 4.31. The van der Waals surface area contributed by atoms with Crippen LogP contribution >= 0.6 is 0 Å². The van der Waals surface area contributed by atoms with Crippen molar-refractivity contribution in [3.05, 3.63) is 29.8 Å². The van der Waals surface area contributed by atoms with Crippen LogP contribution in [0.25, 0.3) is 6.08 Å². The Morgan fingerprint density at radius 1 is 1.32 bits per heavy atom. The van der Waals surface area contributed by atoms with Gasteiger partial charge in [0.15, 0.2) is 11.5 Å². The van der Waals surface area contributed by atoms with E-state index in [1.165, 1.54) is 25.0 Å². The summed E-state index contributed by atoms with van der Waals surface area (Å²) in [6.45, 7) is 2.73. The number of rotatable bonds is 8. The fraction of sp³-hybridized carbons (Fsp3) is 0.400. The molecule has 0 saturated heterocycles. The molecule has 4 nitrogen and oxygen atoms in total. The van der Waals surface area contributed by atoms with Gasteiger partial charge in [0.2, 0.25) is 0 Å². The lowest BCUT2D eigenvalue weighted by atomic mass is 10.2. The van der Waals surface area contributed by atoms with E-state index in [2.05, 4.69) is 6.92 Å². The molecule has 0 bridgehead atoms. The molecule has 0 atom stereocenters. The van der Waals surface area contributed by atoms with Crippen molar-refractivity contribution in [2.75, 3.05) is 6.61 Å². The number of hydrogen-bond donors (Lipinski definition) is 2. The molecule has 1 rings (SSSR count). The molecule has 0 amide bonds. The number of phenolic OH excluding ortho intramolecular Hbond substituents is 1. The maximum absolute atomic E-state index is 10.4. The van der Waals surface area contributed by atoms with Crippen LogP contribution in [0.2, 0.25) is 0 Å². The van der Waals surface area contributed by atoms with Crippen molar-refractivity contribution in [1.82, 2.24) is 0 Å². The molecule has 0 aliphatic carbocycles. The van der Waals surface area contributed by atoms with E-state index in [1.54, 1.807) is 12.1 Å². The van der Waals surface area contributed by atoms with Gasteiger partial charge in [0.1, 0.15) is 0 Å². The number of phenols is 1. The molecule has 0 aliphatic heterocycles. The topological polar surface area (TPSA) is 66.8 Å². The molecule has 0 unspecified atom stereocenters. The predicted octanol–water partition coefficient (Wildman–Crippen LogP) is 3.45. The van der Waals surface area contributed by atoms with Gasteiger partial charge in [-0.3, -0.25) is 0 Å². The summed E-state index contributed by atoms with van der Waals surface area (Å²) in [4.78, 5) is 10.4. The van der Waals surface area contributed by atoms with Gasteiger partial charge in [-0.2, -0.15) is 0 Å². The summed E-state index contributed by atoms with van der Waals surface area (Å²) in [5.74, 6) is -0.553. The molecule has 0 radical (unpaired) electrons. The molecule has 19 heavy (non-hydrogen) atoms. The van der Waals surface area contributed by atoms with Crippen molar-refractivity contribution in [2.24, 2.45) is 0 Å². The van der Waals surface area contributed by atoms with Gasteiger partial charge in [-0.25, -0.2) is 4.79 Å². The first-order chi connectivity index (χ1) is 9.13. The zero-order chi connectivity index (χ0) is 14.1. The standard InChI is InChI=1S/C15H20O4/c1-2-3-4-5-10-19-14-8-6-12(11-13(14)16)7-9-15(17)18/h6-9,11,16H,2-5,10H2,1H3,(H,17,18). The summed E-state index contributed by atoms with van der Waals surface area (Å²) in [5, 5.41) is 18.3. The molecule has 2 N–H and O–H groups in total. The normalized spacial score (nSPS) is 10.8. The van der Waals surface area contributed by atoms with Crippen LogP contribution < -0.4 is 4.74 Å². The van der Waals surface area contributed by atoms with Crippen LogP contribution in [0, 0.1) is 0 Å². The molecule has 0 spiro atoms. The lowest BCUT2D eigenvalue weighted by molar-refractivity contribution is -0.131. The van der Waals surface area contributed by atoms with Gasteiger partial charge >= 0.3 is 5.97 Å². The van der Waals surface area contributed by atoms with E-state index in [4.69, 9.17) is 9.84 Å². The van der Waals surface area contributed by atoms with E-state index in [0.717, 1.165) is 18.9 Å². The Kier molecular flexibility index (Phi) is 6.50. The lowest BCUT2D eigenvalue weighted by Gasteiger charge is -2.08. The number of ether oxygens (including phenoxy) is 1. The van der Waals surface area contributed by atoms with Crippen molar-refractivity contribution in [1.29, 1.82) is 0 Å². The summed E-state index contributed by atoms with van der Waals surface area (Å²) in [6.07, 6.45) is 6.90. The zero-order valence-electron chi connectivity index (χ0n) is 11.1. The van der Waals surface area contributed by atoms with Crippen LogP contribution in [-0.2, 0) is 4.79 Å². The van der Waals surface area contributed by atoms with Gasteiger partial charge in [0.25, 0.3) is 0 Å². The number of unbranched alkanes of at least 4 members (excludes halogenated alkanes) is 3. The van der Waals surface area contributed by atoms with Gasteiger partial charge in [-0.1, -0.05) is 32.3 Å². The zero-order valence-corrected chi connectivity index (χ0v) is 11.1. The van der Waals surface area contributed by atoms with E-state index in [9.17, 15) is 9.90 Å². The smallest absolute Gasteiger partial charge is 0.328 e. The second kappa shape index (κ2) is 8.19. The third-order valence-electron chi connectivity index (χ3n) is 2.66. The summed E-state index contributed by atoms with van der Waals surface area (Å²) in [7, 11) is 0. The Morgan fingerprint density at radius 2 is 2.11 bits per heavy atom. The third kappa shape index (κ3) is 5.95. The van der Waals surface area contributed by atoms with Crippen LogP contribution in [0.1, 0.15) is 38.2 Å². The Labute approximate surface area is 113 Å². The Hall–Kier alpha value is -1.97. The number of carboxylic acids is 1. The van der Waals surface area contributed by atoms with Crippen molar-refractivity contribution in [3.63, 3.8) is 0 Å². The monoisotopic (exact) mass is 264 g/mol. The first-order valence-corrected chi connectivity index (χ1v) is 6.50. The minimum atomic E-state index is -1.02. The molecule has 0 aromatic heterocycles. The number of carboxylic acid groups (broad SMARTS) is 1. The quantitative estimate of drug-likeness (QED) is 0.557. The number of aromatic hydroxyl groups is 1. The fourth-order valence-corrected chi connectivity index (χ4v) is 1.64. The maximum atomic E-state index is 10.4. The summed E-state index contributed by atoms with van der Waals surface area (Å²) in [6, 6.07) is 4.85. The van der Waals surface area contributed by atoms with Crippen LogP contribution in [0.5, 0.6) is 11.5 Å². The largest absolute Gasteiger partial charge is 0.504 e. The van der Waals surface area contributed by atoms with Crippen LogP contribution in [0.15, 0.2) is 24.3 Å². The Bertz CT molecular complexity index is 438. The molecule has 1 aromatic rings. The van der Waals surface area contributed by atoms with E-state index in [-0.39, 0.29) is 5.75 Å². The molecule has 4 heteroatoms. The predicted molar refractivity (Wildman–Crippen MR) is 74.4 cm³/mol.